The molecule has 14 heavy (non-hydrogen) atoms. The number of carbonyl (C=O) groups excluding carboxylic acids is 1. The number of carboxylic acids is 1. The van der Waals surface area contributed by atoms with Crippen LogP contribution in [0.5, 0.6) is 0 Å². The third-order valence-corrected chi connectivity index (χ3v) is 2.14. The van der Waals surface area contributed by atoms with E-state index in [0.29, 0.717) is 6.42 Å². The standard InChI is InChI=1S/C9H18N2O3/c1-4-6(7(12)13)11-8(14)9(2,3)5-10/h6H,4-5,10H2,1-3H3,(H,11,14)(H,12,13). The van der Waals surface area contributed by atoms with Crippen LogP contribution >= 0.6 is 0 Å². The van der Waals surface area contributed by atoms with Crippen LogP contribution in [0.15, 0.2) is 0 Å². The topological polar surface area (TPSA) is 92.4 Å². The Bertz CT molecular complexity index is 226. The molecule has 0 aromatic rings. The van der Waals surface area contributed by atoms with Gasteiger partial charge < -0.3 is 16.2 Å². The summed E-state index contributed by atoms with van der Waals surface area (Å²) in [6.45, 7) is 5.25. The first-order chi connectivity index (χ1) is 6.35. The van der Waals surface area contributed by atoms with Crippen LogP contribution in [-0.4, -0.2) is 29.6 Å². The molecule has 1 atom stereocenters. The molecule has 1 unspecified atom stereocenters. The summed E-state index contributed by atoms with van der Waals surface area (Å²) < 4.78 is 0. The number of hydrogen-bond acceptors (Lipinski definition) is 3. The molecule has 4 N–H and O–H groups in total. The van der Waals surface area contributed by atoms with Crippen LogP contribution < -0.4 is 11.1 Å². The molecule has 0 aliphatic rings. The minimum absolute atomic E-state index is 0.189. The summed E-state index contributed by atoms with van der Waals surface area (Å²) in [5.74, 6) is -1.34. The third-order valence-electron chi connectivity index (χ3n) is 2.14. The molecule has 0 radical (unpaired) electrons. The van der Waals surface area contributed by atoms with E-state index in [1.54, 1.807) is 20.8 Å². The first-order valence-electron chi connectivity index (χ1n) is 4.59. The number of rotatable bonds is 5. The van der Waals surface area contributed by atoms with Crippen molar-refractivity contribution in [3.8, 4) is 0 Å². The maximum absolute atomic E-state index is 11.5. The minimum Gasteiger partial charge on any atom is -0.480 e. The summed E-state index contributed by atoms with van der Waals surface area (Å²) >= 11 is 0. The number of amides is 1. The number of hydrogen-bond donors (Lipinski definition) is 3. The Morgan fingerprint density at radius 2 is 2.00 bits per heavy atom. The second-order valence-corrected chi connectivity index (χ2v) is 3.86. The lowest BCUT2D eigenvalue weighted by atomic mass is 9.92. The molecule has 0 spiro atoms. The normalized spacial score (nSPS) is 13.4. The molecule has 0 aromatic carbocycles. The van der Waals surface area contributed by atoms with Crippen molar-refractivity contribution < 1.29 is 14.7 Å². The van der Waals surface area contributed by atoms with Gasteiger partial charge in [0.1, 0.15) is 6.04 Å². The van der Waals surface area contributed by atoms with E-state index < -0.39 is 17.4 Å². The second kappa shape index (κ2) is 4.95. The summed E-state index contributed by atoms with van der Waals surface area (Å²) in [6.07, 6.45) is 0.363. The third kappa shape index (κ3) is 3.33. The number of aliphatic carboxylic acids is 1. The van der Waals surface area contributed by atoms with E-state index in [2.05, 4.69) is 5.32 Å². The number of nitrogens with two attached hydrogens (primary N) is 1. The predicted octanol–water partition coefficient (Wildman–Crippen LogP) is -0.0493. The quantitative estimate of drug-likeness (QED) is 0.582. The maximum Gasteiger partial charge on any atom is 0.326 e. The van der Waals surface area contributed by atoms with Crippen LogP contribution in [0.2, 0.25) is 0 Å². The Morgan fingerprint density at radius 1 is 1.50 bits per heavy atom. The Hall–Kier alpha value is -1.10. The minimum atomic E-state index is -1.02. The Balaban J connectivity index is 4.37. The lowest BCUT2D eigenvalue weighted by Gasteiger charge is -2.23. The van der Waals surface area contributed by atoms with E-state index in [4.69, 9.17) is 10.8 Å². The zero-order valence-corrected chi connectivity index (χ0v) is 8.83. The van der Waals surface area contributed by atoms with Crippen LogP contribution in [0.25, 0.3) is 0 Å². The molecule has 0 fully saturated rings. The van der Waals surface area contributed by atoms with Crippen molar-refractivity contribution in [2.75, 3.05) is 6.54 Å². The first-order valence-corrected chi connectivity index (χ1v) is 4.59. The zero-order chi connectivity index (χ0) is 11.4. The van der Waals surface area contributed by atoms with Gasteiger partial charge in [-0.3, -0.25) is 4.79 Å². The highest BCUT2D eigenvalue weighted by Crippen LogP contribution is 2.12. The summed E-state index contributed by atoms with van der Waals surface area (Å²) in [5, 5.41) is 11.2. The molecule has 0 saturated carbocycles. The fourth-order valence-electron chi connectivity index (χ4n) is 0.785. The summed E-state index contributed by atoms with van der Waals surface area (Å²) in [5.41, 5.74) is 4.67. The van der Waals surface area contributed by atoms with Crippen LogP contribution in [-0.2, 0) is 9.59 Å². The van der Waals surface area contributed by atoms with Crippen molar-refractivity contribution in [1.82, 2.24) is 5.32 Å². The first kappa shape index (κ1) is 12.9. The van der Waals surface area contributed by atoms with Gasteiger partial charge in [-0.15, -0.1) is 0 Å². The molecule has 0 bridgehead atoms. The molecule has 0 heterocycles. The maximum atomic E-state index is 11.5. The van der Waals surface area contributed by atoms with Crippen LogP contribution in [0.1, 0.15) is 27.2 Å². The zero-order valence-electron chi connectivity index (χ0n) is 8.83. The van der Waals surface area contributed by atoms with Crippen molar-refractivity contribution in [2.45, 2.75) is 33.2 Å². The second-order valence-electron chi connectivity index (χ2n) is 3.86. The number of nitrogens with one attached hydrogen (secondary N) is 1. The molecule has 5 heteroatoms. The molecular weight excluding hydrogens is 184 g/mol. The van der Waals surface area contributed by atoms with E-state index in [0.717, 1.165) is 0 Å². The molecule has 5 nitrogen and oxygen atoms in total. The Kier molecular flexibility index (Phi) is 4.56. The monoisotopic (exact) mass is 202 g/mol. The van der Waals surface area contributed by atoms with E-state index >= 15 is 0 Å². The predicted molar refractivity (Wildman–Crippen MR) is 52.7 cm³/mol. The molecule has 0 aromatic heterocycles. The molecule has 82 valence electrons. The van der Waals surface area contributed by atoms with E-state index in [-0.39, 0.29) is 12.5 Å². The van der Waals surface area contributed by atoms with Crippen LogP contribution in [0.4, 0.5) is 0 Å². The van der Waals surface area contributed by atoms with Crippen molar-refractivity contribution in [3.63, 3.8) is 0 Å². The average molecular weight is 202 g/mol. The fraction of sp³-hybridized carbons (Fsp3) is 0.778. The molecule has 0 aliphatic heterocycles. The van der Waals surface area contributed by atoms with Crippen LogP contribution in [0.3, 0.4) is 0 Å². The van der Waals surface area contributed by atoms with E-state index in [1.165, 1.54) is 0 Å². The largest absolute Gasteiger partial charge is 0.480 e. The fourth-order valence-corrected chi connectivity index (χ4v) is 0.785. The molecular formula is C9H18N2O3. The number of carbonyl (C=O) groups is 2. The van der Waals surface area contributed by atoms with Crippen LogP contribution in [0, 0.1) is 5.41 Å². The molecule has 1 amide bonds. The summed E-state index contributed by atoms with van der Waals surface area (Å²) in [7, 11) is 0. The highest BCUT2D eigenvalue weighted by molar-refractivity contribution is 5.87. The molecule has 0 saturated heterocycles. The summed E-state index contributed by atoms with van der Waals surface area (Å²) in [4.78, 5) is 22.2. The SMILES string of the molecule is CCC(NC(=O)C(C)(C)CN)C(=O)O. The highest BCUT2D eigenvalue weighted by Gasteiger charge is 2.29. The van der Waals surface area contributed by atoms with Crippen molar-refractivity contribution in [3.05, 3.63) is 0 Å². The van der Waals surface area contributed by atoms with E-state index in [1.807, 2.05) is 0 Å². The highest BCUT2D eigenvalue weighted by atomic mass is 16.4. The Morgan fingerprint density at radius 3 is 2.29 bits per heavy atom. The van der Waals surface area contributed by atoms with Gasteiger partial charge in [-0.25, -0.2) is 4.79 Å². The van der Waals surface area contributed by atoms with E-state index in [9.17, 15) is 9.59 Å². The van der Waals surface area contributed by atoms with Gasteiger partial charge in [-0.05, 0) is 20.3 Å². The molecule has 0 rings (SSSR count). The van der Waals surface area contributed by atoms with Gasteiger partial charge in [0.2, 0.25) is 5.91 Å². The molecule has 0 aliphatic carbocycles. The summed E-state index contributed by atoms with van der Waals surface area (Å²) in [6, 6.07) is -0.826. The van der Waals surface area contributed by atoms with Crippen molar-refractivity contribution >= 4 is 11.9 Å². The smallest absolute Gasteiger partial charge is 0.326 e. The lowest BCUT2D eigenvalue weighted by molar-refractivity contribution is -0.143. The van der Waals surface area contributed by atoms with Gasteiger partial charge in [-0.2, -0.15) is 0 Å². The van der Waals surface area contributed by atoms with Gasteiger partial charge in [0.25, 0.3) is 0 Å². The van der Waals surface area contributed by atoms with Gasteiger partial charge in [0.15, 0.2) is 0 Å². The van der Waals surface area contributed by atoms with Gasteiger partial charge in [0.05, 0.1) is 5.41 Å². The average Bonchev–Trinajstić information content (AvgIpc) is 2.12. The van der Waals surface area contributed by atoms with Crippen molar-refractivity contribution in [2.24, 2.45) is 11.1 Å². The van der Waals surface area contributed by atoms with Gasteiger partial charge in [0, 0.05) is 6.54 Å². The van der Waals surface area contributed by atoms with Crippen molar-refractivity contribution in [1.29, 1.82) is 0 Å². The van der Waals surface area contributed by atoms with Gasteiger partial charge in [-0.1, -0.05) is 6.92 Å². The lowest BCUT2D eigenvalue weighted by Crippen LogP contribution is -2.48. The number of carboxylic acid groups (broad SMARTS) is 1. The van der Waals surface area contributed by atoms with Gasteiger partial charge >= 0.3 is 5.97 Å². The Labute approximate surface area is 83.7 Å².